The van der Waals surface area contributed by atoms with Crippen molar-refractivity contribution in [2.75, 3.05) is 0 Å². The SMILES string of the molecule is CCCCCCC(C)Oc1nccc(C)c1C#N. The largest absolute Gasteiger partial charge is 0.474 e. The first-order valence-electron chi connectivity index (χ1n) is 6.71. The molecule has 1 aromatic heterocycles. The van der Waals surface area contributed by atoms with Gasteiger partial charge >= 0.3 is 0 Å². The molecule has 0 radical (unpaired) electrons. The Hall–Kier alpha value is -1.56. The minimum atomic E-state index is 0.114. The Morgan fingerprint density at radius 2 is 2.17 bits per heavy atom. The summed E-state index contributed by atoms with van der Waals surface area (Å²) in [4.78, 5) is 4.15. The maximum atomic E-state index is 9.09. The molecule has 0 fully saturated rings. The molecule has 1 unspecified atom stereocenters. The van der Waals surface area contributed by atoms with Crippen molar-refractivity contribution in [2.45, 2.75) is 59.0 Å². The van der Waals surface area contributed by atoms with Crippen LogP contribution < -0.4 is 4.74 Å². The molecular weight excluding hydrogens is 224 g/mol. The van der Waals surface area contributed by atoms with E-state index in [9.17, 15) is 0 Å². The molecule has 0 aromatic carbocycles. The molecule has 1 atom stereocenters. The third-order valence-electron chi connectivity index (χ3n) is 3.01. The van der Waals surface area contributed by atoms with E-state index >= 15 is 0 Å². The van der Waals surface area contributed by atoms with E-state index in [4.69, 9.17) is 10.00 Å². The molecule has 3 nitrogen and oxygen atoms in total. The lowest BCUT2D eigenvalue weighted by molar-refractivity contribution is 0.197. The molecule has 0 amide bonds. The van der Waals surface area contributed by atoms with Crippen LogP contribution in [0.2, 0.25) is 0 Å². The minimum absolute atomic E-state index is 0.114. The molecule has 0 spiro atoms. The van der Waals surface area contributed by atoms with E-state index in [1.165, 1.54) is 25.7 Å². The van der Waals surface area contributed by atoms with Crippen molar-refractivity contribution in [3.63, 3.8) is 0 Å². The number of nitriles is 1. The van der Waals surface area contributed by atoms with E-state index in [1.807, 2.05) is 19.9 Å². The minimum Gasteiger partial charge on any atom is -0.474 e. The monoisotopic (exact) mass is 246 g/mol. The van der Waals surface area contributed by atoms with Crippen molar-refractivity contribution in [3.8, 4) is 11.9 Å². The Kier molecular flexibility index (Phi) is 6.21. The average Bonchev–Trinajstić information content (AvgIpc) is 2.35. The lowest BCUT2D eigenvalue weighted by Crippen LogP contribution is -2.13. The molecule has 1 heterocycles. The predicted molar refractivity (Wildman–Crippen MR) is 72.5 cm³/mol. The first-order chi connectivity index (χ1) is 8.69. The molecule has 0 saturated heterocycles. The standard InChI is InChI=1S/C15H22N2O/c1-4-5-6-7-8-13(3)18-15-14(11-16)12(2)9-10-17-15/h9-10,13H,4-8H2,1-3H3. The summed E-state index contributed by atoms with van der Waals surface area (Å²) in [5.74, 6) is 0.473. The second-order valence-electron chi connectivity index (χ2n) is 4.70. The molecule has 0 aliphatic rings. The maximum Gasteiger partial charge on any atom is 0.232 e. The number of unbranched alkanes of at least 4 members (excludes halogenated alkanes) is 3. The van der Waals surface area contributed by atoms with E-state index in [0.717, 1.165) is 12.0 Å². The second kappa shape index (κ2) is 7.71. The van der Waals surface area contributed by atoms with Gasteiger partial charge in [-0.05, 0) is 38.3 Å². The molecule has 98 valence electrons. The van der Waals surface area contributed by atoms with Crippen LogP contribution in [0.1, 0.15) is 57.1 Å². The number of rotatable bonds is 7. The van der Waals surface area contributed by atoms with Crippen LogP contribution in [-0.4, -0.2) is 11.1 Å². The van der Waals surface area contributed by atoms with Gasteiger partial charge in [-0.3, -0.25) is 0 Å². The number of hydrogen-bond acceptors (Lipinski definition) is 3. The van der Waals surface area contributed by atoms with Crippen LogP contribution in [0, 0.1) is 18.3 Å². The Balaban J connectivity index is 2.52. The third-order valence-corrected chi connectivity index (χ3v) is 3.01. The van der Waals surface area contributed by atoms with Crippen molar-refractivity contribution in [1.82, 2.24) is 4.98 Å². The number of ether oxygens (including phenoxy) is 1. The molecule has 3 heteroatoms. The van der Waals surface area contributed by atoms with Crippen molar-refractivity contribution in [2.24, 2.45) is 0 Å². The van der Waals surface area contributed by atoms with Gasteiger partial charge in [0.15, 0.2) is 0 Å². The van der Waals surface area contributed by atoms with Gasteiger partial charge in [0.05, 0.1) is 6.10 Å². The van der Waals surface area contributed by atoms with Crippen LogP contribution in [-0.2, 0) is 0 Å². The molecule has 18 heavy (non-hydrogen) atoms. The summed E-state index contributed by atoms with van der Waals surface area (Å²) in [5, 5.41) is 9.09. The van der Waals surface area contributed by atoms with Gasteiger partial charge in [0.25, 0.3) is 0 Å². The van der Waals surface area contributed by atoms with Crippen LogP contribution in [0.25, 0.3) is 0 Å². The van der Waals surface area contributed by atoms with Crippen LogP contribution in [0.4, 0.5) is 0 Å². The third kappa shape index (κ3) is 4.37. The van der Waals surface area contributed by atoms with E-state index < -0.39 is 0 Å². The van der Waals surface area contributed by atoms with Crippen LogP contribution in [0.3, 0.4) is 0 Å². The van der Waals surface area contributed by atoms with E-state index in [-0.39, 0.29) is 6.10 Å². The first-order valence-corrected chi connectivity index (χ1v) is 6.71. The van der Waals surface area contributed by atoms with Gasteiger partial charge in [0.1, 0.15) is 11.6 Å². The zero-order valence-electron chi connectivity index (χ0n) is 11.6. The van der Waals surface area contributed by atoms with Crippen LogP contribution in [0.5, 0.6) is 5.88 Å². The predicted octanol–water partition coefficient (Wildman–Crippen LogP) is 4.00. The Bertz CT molecular complexity index is 409. The molecule has 0 aliphatic carbocycles. The Labute approximate surface area is 110 Å². The fourth-order valence-electron chi connectivity index (χ4n) is 1.87. The quantitative estimate of drug-likeness (QED) is 0.683. The smallest absolute Gasteiger partial charge is 0.232 e. The highest BCUT2D eigenvalue weighted by Crippen LogP contribution is 2.20. The zero-order valence-corrected chi connectivity index (χ0v) is 11.6. The van der Waals surface area contributed by atoms with E-state index in [2.05, 4.69) is 18.0 Å². The zero-order chi connectivity index (χ0) is 13.4. The Morgan fingerprint density at radius 3 is 2.83 bits per heavy atom. The molecule has 1 rings (SSSR count). The van der Waals surface area contributed by atoms with Crippen LogP contribution in [0.15, 0.2) is 12.3 Å². The van der Waals surface area contributed by atoms with Gasteiger partial charge in [0.2, 0.25) is 5.88 Å². The number of aromatic nitrogens is 1. The number of hydrogen-bond donors (Lipinski definition) is 0. The summed E-state index contributed by atoms with van der Waals surface area (Å²) in [6.45, 7) is 6.14. The number of pyridine rings is 1. The summed E-state index contributed by atoms with van der Waals surface area (Å²) < 4.78 is 5.76. The summed E-state index contributed by atoms with van der Waals surface area (Å²) in [6.07, 6.45) is 7.75. The highest BCUT2D eigenvalue weighted by Gasteiger charge is 2.11. The van der Waals surface area contributed by atoms with Crippen molar-refractivity contribution in [1.29, 1.82) is 5.26 Å². The van der Waals surface area contributed by atoms with E-state index in [1.54, 1.807) is 6.20 Å². The summed E-state index contributed by atoms with van der Waals surface area (Å²) in [6, 6.07) is 3.99. The topological polar surface area (TPSA) is 45.9 Å². The molecular formula is C15H22N2O. The highest BCUT2D eigenvalue weighted by molar-refractivity contribution is 5.43. The number of aryl methyl sites for hydroxylation is 1. The van der Waals surface area contributed by atoms with Crippen molar-refractivity contribution < 1.29 is 4.74 Å². The molecule has 1 aromatic rings. The van der Waals surface area contributed by atoms with Gasteiger partial charge in [0, 0.05) is 6.20 Å². The fraction of sp³-hybridized carbons (Fsp3) is 0.600. The van der Waals surface area contributed by atoms with Crippen molar-refractivity contribution in [3.05, 3.63) is 23.4 Å². The summed E-state index contributed by atoms with van der Waals surface area (Å²) in [7, 11) is 0. The van der Waals surface area contributed by atoms with Gasteiger partial charge in [-0.1, -0.05) is 26.2 Å². The Morgan fingerprint density at radius 1 is 1.39 bits per heavy atom. The maximum absolute atomic E-state index is 9.09. The van der Waals surface area contributed by atoms with E-state index in [0.29, 0.717) is 11.4 Å². The van der Waals surface area contributed by atoms with Crippen molar-refractivity contribution >= 4 is 0 Å². The molecule has 0 bridgehead atoms. The lowest BCUT2D eigenvalue weighted by Gasteiger charge is -2.15. The highest BCUT2D eigenvalue weighted by atomic mass is 16.5. The summed E-state index contributed by atoms with van der Waals surface area (Å²) >= 11 is 0. The number of nitrogens with zero attached hydrogens (tertiary/aromatic N) is 2. The normalized spacial score (nSPS) is 11.9. The first kappa shape index (κ1) is 14.5. The lowest BCUT2D eigenvalue weighted by atomic mass is 10.1. The molecule has 0 saturated carbocycles. The summed E-state index contributed by atoms with van der Waals surface area (Å²) in [5.41, 5.74) is 1.47. The molecule has 0 aliphatic heterocycles. The fourth-order valence-corrected chi connectivity index (χ4v) is 1.87. The van der Waals surface area contributed by atoms with Crippen LogP contribution >= 0.6 is 0 Å². The van der Waals surface area contributed by atoms with Gasteiger partial charge in [-0.15, -0.1) is 0 Å². The molecule has 0 N–H and O–H groups in total. The van der Waals surface area contributed by atoms with Gasteiger partial charge < -0.3 is 4.74 Å². The second-order valence-corrected chi connectivity index (χ2v) is 4.70. The van der Waals surface area contributed by atoms with Gasteiger partial charge in [-0.25, -0.2) is 4.98 Å². The average molecular weight is 246 g/mol. The van der Waals surface area contributed by atoms with Gasteiger partial charge in [-0.2, -0.15) is 5.26 Å².